The van der Waals surface area contributed by atoms with Gasteiger partial charge in [-0.05, 0) is 55.9 Å². The van der Waals surface area contributed by atoms with Crippen molar-refractivity contribution < 1.29 is 4.79 Å². The molecule has 2 aromatic heterocycles. The third-order valence-corrected chi connectivity index (χ3v) is 6.03. The number of aryl methyl sites for hydroxylation is 1. The Kier molecular flexibility index (Phi) is 7.76. The standard InChI is InChI=1S/C27H29ClN4O/c1-31(17-13-23-10-4-5-14-29-23)15-7-16-32-20-25(24-11-2-3-12-26(24)32)27(33)30-19-21-8-6-9-22(28)18-21/h2-6,8-12,14,18,20H,7,13,15-17,19H2,1H3,(H,30,33). The molecule has 4 aromatic rings. The summed E-state index contributed by atoms with van der Waals surface area (Å²) in [4.78, 5) is 19.7. The molecule has 0 radical (unpaired) electrons. The minimum Gasteiger partial charge on any atom is -0.348 e. The van der Waals surface area contributed by atoms with Crippen molar-refractivity contribution >= 4 is 28.4 Å². The lowest BCUT2D eigenvalue weighted by molar-refractivity contribution is 0.0952. The van der Waals surface area contributed by atoms with Crippen LogP contribution in [0, 0.1) is 0 Å². The number of carbonyl (C=O) groups is 1. The first-order valence-corrected chi connectivity index (χ1v) is 11.7. The van der Waals surface area contributed by atoms with E-state index in [9.17, 15) is 4.79 Å². The largest absolute Gasteiger partial charge is 0.348 e. The third-order valence-electron chi connectivity index (χ3n) is 5.79. The van der Waals surface area contributed by atoms with Gasteiger partial charge >= 0.3 is 0 Å². The number of para-hydroxylation sites is 1. The highest BCUT2D eigenvalue weighted by Gasteiger charge is 2.15. The quantitative estimate of drug-likeness (QED) is 0.354. The molecular weight excluding hydrogens is 432 g/mol. The number of carbonyl (C=O) groups excluding carboxylic acids is 1. The van der Waals surface area contributed by atoms with Crippen molar-refractivity contribution in [1.82, 2.24) is 19.8 Å². The molecule has 6 heteroatoms. The molecular formula is C27H29ClN4O. The molecule has 1 N–H and O–H groups in total. The van der Waals surface area contributed by atoms with E-state index in [0.29, 0.717) is 17.1 Å². The Morgan fingerprint density at radius 3 is 2.73 bits per heavy atom. The lowest BCUT2D eigenvalue weighted by atomic mass is 10.1. The third kappa shape index (κ3) is 6.21. The van der Waals surface area contributed by atoms with Gasteiger partial charge in [0.25, 0.3) is 5.91 Å². The molecule has 0 saturated heterocycles. The molecule has 2 heterocycles. The highest BCUT2D eigenvalue weighted by molar-refractivity contribution is 6.30. The summed E-state index contributed by atoms with van der Waals surface area (Å²) in [5.74, 6) is -0.0718. The minimum atomic E-state index is -0.0718. The molecule has 0 fully saturated rings. The van der Waals surface area contributed by atoms with E-state index in [4.69, 9.17) is 11.6 Å². The van der Waals surface area contributed by atoms with Gasteiger partial charge < -0.3 is 14.8 Å². The summed E-state index contributed by atoms with van der Waals surface area (Å²) in [5, 5.41) is 4.68. The summed E-state index contributed by atoms with van der Waals surface area (Å²) in [7, 11) is 2.14. The van der Waals surface area contributed by atoms with Gasteiger partial charge in [-0.1, -0.05) is 48.0 Å². The summed E-state index contributed by atoms with van der Waals surface area (Å²) < 4.78 is 2.19. The zero-order valence-corrected chi connectivity index (χ0v) is 19.6. The monoisotopic (exact) mass is 460 g/mol. The predicted molar refractivity (Wildman–Crippen MR) is 135 cm³/mol. The Labute approximate surface area is 200 Å². The van der Waals surface area contributed by atoms with Crippen LogP contribution in [0.15, 0.2) is 79.1 Å². The van der Waals surface area contributed by atoms with Crippen molar-refractivity contribution in [3.63, 3.8) is 0 Å². The van der Waals surface area contributed by atoms with E-state index in [1.54, 1.807) is 0 Å². The van der Waals surface area contributed by atoms with Crippen molar-refractivity contribution in [2.24, 2.45) is 0 Å². The molecule has 0 bridgehead atoms. The van der Waals surface area contributed by atoms with Gasteiger partial charge in [0.1, 0.15) is 0 Å². The second-order valence-electron chi connectivity index (χ2n) is 8.29. The van der Waals surface area contributed by atoms with Gasteiger partial charge in [0.2, 0.25) is 0 Å². The fourth-order valence-corrected chi connectivity index (χ4v) is 4.22. The van der Waals surface area contributed by atoms with E-state index in [2.05, 4.69) is 38.9 Å². The van der Waals surface area contributed by atoms with E-state index in [-0.39, 0.29) is 5.91 Å². The first-order valence-electron chi connectivity index (χ1n) is 11.3. The van der Waals surface area contributed by atoms with E-state index in [1.807, 2.05) is 67.0 Å². The van der Waals surface area contributed by atoms with Gasteiger partial charge in [-0.2, -0.15) is 0 Å². The number of halogens is 1. The lowest BCUT2D eigenvalue weighted by Gasteiger charge is -2.16. The second kappa shape index (κ2) is 11.1. The molecule has 0 aliphatic rings. The van der Waals surface area contributed by atoms with Crippen LogP contribution in [0.2, 0.25) is 5.02 Å². The average molecular weight is 461 g/mol. The van der Waals surface area contributed by atoms with Crippen LogP contribution in [-0.2, 0) is 19.5 Å². The first-order chi connectivity index (χ1) is 16.1. The number of amides is 1. The number of fused-ring (bicyclic) bond motifs is 1. The van der Waals surface area contributed by atoms with Gasteiger partial charge in [-0.15, -0.1) is 0 Å². The Morgan fingerprint density at radius 1 is 1.06 bits per heavy atom. The summed E-state index contributed by atoms with van der Waals surface area (Å²) in [6.07, 6.45) is 5.77. The van der Waals surface area contributed by atoms with Crippen molar-refractivity contribution in [2.75, 3.05) is 20.1 Å². The number of hydrogen-bond acceptors (Lipinski definition) is 3. The molecule has 0 aliphatic carbocycles. The van der Waals surface area contributed by atoms with Crippen molar-refractivity contribution in [1.29, 1.82) is 0 Å². The SMILES string of the molecule is CN(CCCn1cc(C(=O)NCc2cccc(Cl)c2)c2ccccc21)CCc1ccccn1. The van der Waals surface area contributed by atoms with Crippen LogP contribution in [0.5, 0.6) is 0 Å². The summed E-state index contributed by atoms with van der Waals surface area (Å²) in [5.41, 5.74) is 3.89. The van der Waals surface area contributed by atoms with Crippen LogP contribution in [-0.4, -0.2) is 40.5 Å². The van der Waals surface area contributed by atoms with Crippen molar-refractivity contribution in [3.8, 4) is 0 Å². The van der Waals surface area contributed by atoms with E-state index < -0.39 is 0 Å². The molecule has 5 nitrogen and oxygen atoms in total. The van der Waals surface area contributed by atoms with Gasteiger partial charge in [0.05, 0.1) is 5.56 Å². The molecule has 2 aromatic carbocycles. The smallest absolute Gasteiger partial charge is 0.253 e. The fourth-order valence-electron chi connectivity index (χ4n) is 4.01. The van der Waals surface area contributed by atoms with E-state index >= 15 is 0 Å². The number of hydrogen-bond donors (Lipinski definition) is 1. The highest BCUT2D eigenvalue weighted by Crippen LogP contribution is 2.22. The maximum absolute atomic E-state index is 13.0. The molecule has 0 aliphatic heterocycles. The number of benzene rings is 2. The Balaban J connectivity index is 1.35. The van der Waals surface area contributed by atoms with Crippen LogP contribution in [0.3, 0.4) is 0 Å². The number of rotatable bonds is 10. The topological polar surface area (TPSA) is 50.2 Å². The second-order valence-corrected chi connectivity index (χ2v) is 8.73. The zero-order chi connectivity index (χ0) is 23.0. The van der Waals surface area contributed by atoms with Gasteiger partial charge in [0, 0.05) is 60.1 Å². The summed E-state index contributed by atoms with van der Waals surface area (Å²) in [6.45, 7) is 3.26. The zero-order valence-electron chi connectivity index (χ0n) is 18.9. The number of nitrogens with one attached hydrogen (secondary N) is 1. The molecule has 0 atom stereocenters. The first kappa shape index (κ1) is 23.0. The highest BCUT2D eigenvalue weighted by atomic mass is 35.5. The molecule has 33 heavy (non-hydrogen) atoms. The number of aromatic nitrogens is 2. The predicted octanol–water partition coefficient (Wildman–Crippen LogP) is 5.18. The maximum Gasteiger partial charge on any atom is 0.253 e. The Morgan fingerprint density at radius 2 is 1.91 bits per heavy atom. The molecule has 170 valence electrons. The van der Waals surface area contributed by atoms with E-state index in [0.717, 1.165) is 54.6 Å². The number of pyridine rings is 1. The van der Waals surface area contributed by atoms with Gasteiger partial charge in [0.15, 0.2) is 0 Å². The van der Waals surface area contributed by atoms with Gasteiger partial charge in [-0.25, -0.2) is 0 Å². The average Bonchev–Trinajstić information content (AvgIpc) is 3.21. The Hall–Kier alpha value is -3.15. The van der Waals surface area contributed by atoms with Crippen LogP contribution < -0.4 is 5.32 Å². The summed E-state index contributed by atoms with van der Waals surface area (Å²) >= 11 is 6.06. The van der Waals surface area contributed by atoms with Crippen LogP contribution in [0.1, 0.15) is 28.0 Å². The Bertz CT molecular complexity index is 1210. The maximum atomic E-state index is 13.0. The van der Waals surface area contributed by atoms with Gasteiger partial charge in [-0.3, -0.25) is 9.78 Å². The molecule has 0 unspecified atom stereocenters. The number of nitrogens with zero attached hydrogens (tertiary/aromatic N) is 3. The van der Waals surface area contributed by atoms with Crippen LogP contribution >= 0.6 is 11.6 Å². The van der Waals surface area contributed by atoms with Crippen LogP contribution in [0.25, 0.3) is 10.9 Å². The van der Waals surface area contributed by atoms with Crippen molar-refractivity contribution in [3.05, 3.63) is 101 Å². The lowest BCUT2D eigenvalue weighted by Crippen LogP contribution is -2.23. The molecule has 1 amide bonds. The molecule has 4 rings (SSSR count). The van der Waals surface area contributed by atoms with Crippen molar-refractivity contribution in [2.45, 2.75) is 25.9 Å². The molecule has 0 saturated carbocycles. The van der Waals surface area contributed by atoms with E-state index in [1.165, 1.54) is 0 Å². The van der Waals surface area contributed by atoms with Crippen LogP contribution in [0.4, 0.5) is 0 Å². The fraction of sp³-hybridized carbons (Fsp3) is 0.259. The minimum absolute atomic E-state index is 0.0718. The number of likely N-dealkylation sites (N-methyl/N-ethyl adjacent to an activating group) is 1. The molecule has 0 spiro atoms. The normalized spacial score (nSPS) is 11.2. The summed E-state index contributed by atoms with van der Waals surface area (Å²) in [6, 6.07) is 21.7.